The number of nitrogens with two attached hydrogens (primary N) is 1. The van der Waals surface area contributed by atoms with E-state index in [1.54, 1.807) is 0 Å². The molecule has 0 heterocycles. The number of benzene rings is 2. The molecule has 0 spiro atoms. The fourth-order valence-electron chi connectivity index (χ4n) is 1.92. The average Bonchev–Trinajstić information content (AvgIpc) is 2.42. The van der Waals surface area contributed by atoms with Crippen LogP contribution in [0, 0.1) is 0 Å². The van der Waals surface area contributed by atoms with Crippen LogP contribution in [-0.4, -0.2) is 13.2 Å². The first-order valence-electron chi connectivity index (χ1n) is 6.75. The number of ether oxygens (including phenoxy) is 2. The fourth-order valence-corrected chi connectivity index (χ4v) is 1.92. The molecule has 2 aromatic rings. The second-order valence-electron chi connectivity index (χ2n) is 4.27. The van der Waals surface area contributed by atoms with Crippen molar-refractivity contribution >= 4 is 17.1 Å². The van der Waals surface area contributed by atoms with Gasteiger partial charge in [-0.25, -0.2) is 0 Å². The van der Waals surface area contributed by atoms with Crippen LogP contribution < -0.4 is 20.5 Å². The summed E-state index contributed by atoms with van der Waals surface area (Å²) in [6.07, 6.45) is 0. The van der Waals surface area contributed by atoms with E-state index in [1.165, 1.54) is 0 Å². The summed E-state index contributed by atoms with van der Waals surface area (Å²) in [6.45, 7) is 5.16. The molecule has 0 radical (unpaired) electrons. The Labute approximate surface area is 119 Å². The van der Waals surface area contributed by atoms with Gasteiger partial charge in [-0.3, -0.25) is 0 Å². The number of anilines is 3. The second-order valence-corrected chi connectivity index (χ2v) is 4.27. The highest BCUT2D eigenvalue weighted by molar-refractivity contribution is 5.69. The second kappa shape index (κ2) is 6.70. The third kappa shape index (κ3) is 3.57. The first-order valence-corrected chi connectivity index (χ1v) is 6.75. The van der Waals surface area contributed by atoms with E-state index in [0.717, 1.165) is 22.9 Å². The van der Waals surface area contributed by atoms with Gasteiger partial charge < -0.3 is 20.5 Å². The lowest BCUT2D eigenvalue weighted by molar-refractivity contribution is 0.332. The standard InChI is InChI=1S/C16H20N2O2/c1-3-19-14-8-9-16(20-4-2)15(11-14)18-13-7-5-6-12(17)10-13/h5-11,18H,3-4,17H2,1-2H3. The number of hydrogen-bond acceptors (Lipinski definition) is 4. The molecule has 20 heavy (non-hydrogen) atoms. The van der Waals surface area contributed by atoms with E-state index >= 15 is 0 Å². The third-order valence-electron chi connectivity index (χ3n) is 2.73. The minimum Gasteiger partial charge on any atom is -0.494 e. The third-order valence-corrected chi connectivity index (χ3v) is 2.73. The van der Waals surface area contributed by atoms with Gasteiger partial charge >= 0.3 is 0 Å². The molecular formula is C16H20N2O2. The topological polar surface area (TPSA) is 56.5 Å². The molecular weight excluding hydrogens is 252 g/mol. The summed E-state index contributed by atoms with van der Waals surface area (Å²) in [5, 5.41) is 3.31. The van der Waals surface area contributed by atoms with Crippen molar-refractivity contribution < 1.29 is 9.47 Å². The number of nitrogens with one attached hydrogen (secondary N) is 1. The molecule has 0 atom stereocenters. The molecule has 0 aliphatic carbocycles. The molecule has 0 saturated carbocycles. The van der Waals surface area contributed by atoms with E-state index < -0.39 is 0 Å². The highest BCUT2D eigenvalue weighted by atomic mass is 16.5. The maximum atomic E-state index is 5.79. The van der Waals surface area contributed by atoms with Crippen LogP contribution in [0.2, 0.25) is 0 Å². The van der Waals surface area contributed by atoms with E-state index in [2.05, 4.69) is 5.32 Å². The minimum absolute atomic E-state index is 0.611. The van der Waals surface area contributed by atoms with E-state index in [0.29, 0.717) is 18.9 Å². The number of nitrogen functional groups attached to an aromatic ring is 1. The summed E-state index contributed by atoms with van der Waals surface area (Å²) in [5.41, 5.74) is 8.29. The van der Waals surface area contributed by atoms with Gasteiger partial charge in [0, 0.05) is 17.4 Å². The smallest absolute Gasteiger partial charge is 0.142 e. The van der Waals surface area contributed by atoms with Crippen LogP contribution >= 0.6 is 0 Å². The molecule has 0 aromatic heterocycles. The van der Waals surface area contributed by atoms with Crippen LogP contribution in [-0.2, 0) is 0 Å². The predicted octanol–water partition coefficient (Wildman–Crippen LogP) is 3.81. The lowest BCUT2D eigenvalue weighted by Crippen LogP contribution is -2.00. The van der Waals surface area contributed by atoms with Crippen LogP contribution in [0.15, 0.2) is 42.5 Å². The van der Waals surface area contributed by atoms with Crippen LogP contribution in [0.1, 0.15) is 13.8 Å². The zero-order chi connectivity index (χ0) is 14.4. The Morgan fingerprint density at radius 1 is 1.00 bits per heavy atom. The normalized spacial score (nSPS) is 10.1. The summed E-state index contributed by atoms with van der Waals surface area (Å²) >= 11 is 0. The largest absolute Gasteiger partial charge is 0.494 e. The zero-order valence-corrected chi connectivity index (χ0v) is 11.8. The number of rotatable bonds is 6. The van der Waals surface area contributed by atoms with Crippen molar-refractivity contribution in [3.63, 3.8) is 0 Å². The van der Waals surface area contributed by atoms with E-state index in [4.69, 9.17) is 15.2 Å². The average molecular weight is 272 g/mol. The van der Waals surface area contributed by atoms with Gasteiger partial charge in [-0.1, -0.05) is 6.07 Å². The van der Waals surface area contributed by atoms with E-state index in [9.17, 15) is 0 Å². The molecule has 0 unspecified atom stereocenters. The maximum absolute atomic E-state index is 5.79. The summed E-state index contributed by atoms with van der Waals surface area (Å²) in [4.78, 5) is 0. The van der Waals surface area contributed by atoms with Crippen molar-refractivity contribution in [3.05, 3.63) is 42.5 Å². The van der Waals surface area contributed by atoms with E-state index in [-0.39, 0.29) is 0 Å². The number of hydrogen-bond donors (Lipinski definition) is 2. The summed E-state index contributed by atoms with van der Waals surface area (Å²) < 4.78 is 11.1. The molecule has 2 aromatic carbocycles. The summed E-state index contributed by atoms with van der Waals surface area (Å²) in [5.74, 6) is 1.60. The maximum Gasteiger partial charge on any atom is 0.142 e. The van der Waals surface area contributed by atoms with Gasteiger partial charge in [0.2, 0.25) is 0 Å². The summed E-state index contributed by atoms with van der Waals surface area (Å²) in [6, 6.07) is 13.3. The van der Waals surface area contributed by atoms with Crippen LogP contribution in [0.4, 0.5) is 17.1 Å². The van der Waals surface area contributed by atoms with Gasteiger partial charge in [-0.05, 0) is 44.2 Å². The monoisotopic (exact) mass is 272 g/mol. The van der Waals surface area contributed by atoms with Crippen LogP contribution in [0.25, 0.3) is 0 Å². The molecule has 0 saturated heterocycles. The highest BCUT2D eigenvalue weighted by Gasteiger charge is 2.06. The van der Waals surface area contributed by atoms with Crippen molar-refractivity contribution in [1.82, 2.24) is 0 Å². The van der Waals surface area contributed by atoms with Gasteiger partial charge in [-0.15, -0.1) is 0 Å². The molecule has 0 aliphatic rings. The molecule has 4 heteroatoms. The van der Waals surface area contributed by atoms with Crippen molar-refractivity contribution in [3.8, 4) is 11.5 Å². The first-order chi connectivity index (χ1) is 9.72. The molecule has 0 aliphatic heterocycles. The Balaban J connectivity index is 2.29. The van der Waals surface area contributed by atoms with Crippen molar-refractivity contribution in [2.75, 3.05) is 24.3 Å². The van der Waals surface area contributed by atoms with Gasteiger partial charge in [-0.2, -0.15) is 0 Å². The Bertz CT molecular complexity index is 570. The van der Waals surface area contributed by atoms with Gasteiger partial charge in [0.05, 0.1) is 18.9 Å². The molecule has 106 valence electrons. The van der Waals surface area contributed by atoms with E-state index in [1.807, 2.05) is 56.3 Å². The molecule has 0 bridgehead atoms. The van der Waals surface area contributed by atoms with Crippen molar-refractivity contribution in [2.24, 2.45) is 0 Å². The Hall–Kier alpha value is -2.36. The Morgan fingerprint density at radius 2 is 1.80 bits per heavy atom. The Morgan fingerprint density at radius 3 is 2.50 bits per heavy atom. The van der Waals surface area contributed by atoms with Crippen LogP contribution in [0.3, 0.4) is 0 Å². The quantitative estimate of drug-likeness (QED) is 0.785. The highest BCUT2D eigenvalue weighted by Crippen LogP contribution is 2.32. The molecule has 0 fully saturated rings. The van der Waals surface area contributed by atoms with Crippen molar-refractivity contribution in [1.29, 1.82) is 0 Å². The minimum atomic E-state index is 0.611. The first kappa shape index (κ1) is 14.1. The lowest BCUT2D eigenvalue weighted by Gasteiger charge is -2.14. The SMILES string of the molecule is CCOc1ccc(OCC)c(Nc2cccc(N)c2)c1. The molecule has 0 amide bonds. The zero-order valence-electron chi connectivity index (χ0n) is 11.8. The Kier molecular flexibility index (Phi) is 4.71. The lowest BCUT2D eigenvalue weighted by atomic mass is 10.2. The van der Waals surface area contributed by atoms with Gasteiger partial charge in [0.1, 0.15) is 11.5 Å². The molecule has 4 nitrogen and oxygen atoms in total. The molecule has 2 rings (SSSR count). The molecule has 3 N–H and O–H groups in total. The van der Waals surface area contributed by atoms with Gasteiger partial charge in [0.25, 0.3) is 0 Å². The summed E-state index contributed by atoms with van der Waals surface area (Å²) in [7, 11) is 0. The fraction of sp³-hybridized carbons (Fsp3) is 0.250. The predicted molar refractivity (Wildman–Crippen MR) is 82.9 cm³/mol. The van der Waals surface area contributed by atoms with Crippen LogP contribution in [0.5, 0.6) is 11.5 Å². The van der Waals surface area contributed by atoms with Gasteiger partial charge in [0.15, 0.2) is 0 Å². The van der Waals surface area contributed by atoms with Crippen molar-refractivity contribution in [2.45, 2.75) is 13.8 Å².